The van der Waals surface area contributed by atoms with Crippen molar-refractivity contribution < 1.29 is 18.7 Å². The highest BCUT2D eigenvalue weighted by Crippen LogP contribution is 2.23. The summed E-state index contributed by atoms with van der Waals surface area (Å²) in [6, 6.07) is 13.6. The first-order chi connectivity index (χ1) is 12.2. The summed E-state index contributed by atoms with van der Waals surface area (Å²) in [6.45, 7) is 1.75. The Hall–Kier alpha value is -2.56. The van der Waals surface area contributed by atoms with Crippen molar-refractivity contribution in [1.82, 2.24) is 4.90 Å². The zero-order valence-electron chi connectivity index (χ0n) is 14.3. The molecule has 132 valence electrons. The molecule has 25 heavy (non-hydrogen) atoms. The van der Waals surface area contributed by atoms with Crippen molar-refractivity contribution in [2.75, 3.05) is 26.8 Å². The second-order valence-electron chi connectivity index (χ2n) is 6.23. The van der Waals surface area contributed by atoms with Crippen LogP contribution in [0.4, 0.5) is 4.39 Å². The molecule has 1 atom stereocenters. The van der Waals surface area contributed by atoms with Crippen molar-refractivity contribution >= 4 is 5.91 Å². The van der Waals surface area contributed by atoms with E-state index in [9.17, 15) is 9.18 Å². The zero-order chi connectivity index (χ0) is 17.6. The Morgan fingerprint density at radius 3 is 2.88 bits per heavy atom. The van der Waals surface area contributed by atoms with Crippen LogP contribution in [0, 0.1) is 11.7 Å². The molecule has 1 saturated heterocycles. The summed E-state index contributed by atoms with van der Waals surface area (Å²) < 4.78 is 24.4. The van der Waals surface area contributed by atoms with Crippen LogP contribution in [0.5, 0.6) is 11.5 Å². The van der Waals surface area contributed by atoms with Gasteiger partial charge >= 0.3 is 0 Å². The van der Waals surface area contributed by atoms with E-state index in [-0.39, 0.29) is 23.4 Å². The quantitative estimate of drug-likeness (QED) is 0.830. The van der Waals surface area contributed by atoms with Gasteiger partial charge in [0.2, 0.25) is 0 Å². The fraction of sp³-hybridized carbons (Fsp3) is 0.350. The zero-order valence-corrected chi connectivity index (χ0v) is 14.3. The van der Waals surface area contributed by atoms with Gasteiger partial charge in [-0.25, -0.2) is 4.39 Å². The second-order valence-corrected chi connectivity index (χ2v) is 6.23. The number of benzene rings is 2. The number of hydrogen-bond acceptors (Lipinski definition) is 3. The van der Waals surface area contributed by atoms with Crippen molar-refractivity contribution in [2.24, 2.45) is 5.92 Å². The van der Waals surface area contributed by atoms with Crippen molar-refractivity contribution in [3.8, 4) is 11.5 Å². The van der Waals surface area contributed by atoms with Crippen LogP contribution in [0.2, 0.25) is 0 Å². The summed E-state index contributed by atoms with van der Waals surface area (Å²) in [5.41, 5.74) is 0.620. The van der Waals surface area contributed by atoms with Crippen molar-refractivity contribution in [3.05, 3.63) is 59.9 Å². The molecular weight excluding hydrogens is 321 g/mol. The number of rotatable bonds is 5. The van der Waals surface area contributed by atoms with Crippen LogP contribution < -0.4 is 9.47 Å². The first-order valence-corrected chi connectivity index (χ1v) is 8.48. The van der Waals surface area contributed by atoms with Gasteiger partial charge in [0.25, 0.3) is 5.91 Å². The lowest BCUT2D eigenvalue weighted by Gasteiger charge is -2.32. The molecule has 1 aliphatic rings. The van der Waals surface area contributed by atoms with Crippen LogP contribution in [0.3, 0.4) is 0 Å². The molecule has 3 rings (SSSR count). The van der Waals surface area contributed by atoms with Crippen LogP contribution in [-0.4, -0.2) is 37.6 Å². The van der Waals surface area contributed by atoms with Gasteiger partial charge in [-0.2, -0.15) is 0 Å². The first-order valence-electron chi connectivity index (χ1n) is 8.48. The van der Waals surface area contributed by atoms with Gasteiger partial charge in [0.1, 0.15) is 5.75 Å². The van der Waals surface area contributed by atoms with E-state index in [1.807, 2.05) is 17.0 Å². The fourth-order valence-corrected chi connectivity index (χ4v) is 3.09. The number of likely N-dealkylation sites (tertiary alicyclic amines) is 1. The molecule has 0 aromatic heterocycles. The van der Waals surface area contributed by atoms with Gasteiger partial charge in [-0.05, 0) is 43.2 Å². The SMILES string of the molecule is COc1cccc(C(=O)N2CCCC(COc3ccccc3F)C2)c1. The number of amides is 1. The maximum Gasteiger partial charge on any atom is 0.253 e. The van der Waals surface area contributed by atoms with Gasteiger partial charge in [0.15, 0.2) is 11.6 Å². The molecule has 0 saturated carbocycles. The number of carbonyl (C=O) groups is 1. The number of para-hydroxylation sites is 1. The Kier molecular flexibility index (Phi) is 5.53. The normalized spacial score (nSPS) is 17.2. The number of halogens is 1. The number of carbonyl (C=O) groups excluding carboxylic acids is 1. The summed E-state index contributed by atoms with van der Waals surface area (Å²) in [5.74, 6) is 0.765. The van der Waals surface area contributed by atoms with E-state index in [4.69, 9.17) is 9.47 Å². The number of nitrogens with zero attached hydrogens (tertiary/aromatic N) is 1. The van der Waals surface area contributed by atoms with Crippen molar-refractivity contribution in [2.45, 2.75) is 12.8 Å². The van der Waals surface area contributed by atoms with Gasteiger partial charge in [0.05, 0.1) is 13.7 Å². The van der Waals surface area contributed by atoms with E-state index < -0.39 is 0 Å². The van der Waals surface area contributed by atoms with Crippen molar-refractivity contribution in [1.29, 1.82) is 0 Å². The average Bonchev–Trinajstić information content (AvgIpc) is 2.67. The Morgan fingerprint density at radius 2 is 2.08 bits per heavy atom. The third-order valence-electron chi connectivity index (χ3n) is 4.43. The molecule has 1 unspecified atom stereocenters. The highest BCUT2D eigenvalue weighted by atomic mass is 19.1. The molecule has 0 radical (unpaired) electrons. The largest absolute Gasteiger partial charge is 0.497 e. The van der Waals surface area contributed by atoms with Crippen LogP contribution >= 0.6 is 0 Å². The maximum atomic E-state index is 13.6. The van der Waals surface area contributed by atoms with E-state index in [2.05, 4.69) is 0 Å². The third-order valence-corrected chi connectivity index (χ3v) is 4.43. The minimum absolute atomic E-state index is 0.00510. The molecular formula is C20H22FNO3. The molecule has 1 heterocycles. The minimum atomic E-state index is -0.359. The monoisotopic (exact) mass is 343 g/mol. The van der Waals surface area contributed by atoms with Crippen LogP contribution in [0.15, 0.2) is 48.5 Å². The molecule has 0 spiro atoms. The Morgan fingerprint density at radius 1 is 1.24 bits per heavy atom. The summed E-state index contributed by atoms with van der Waals surface area (Å²) in [5, 5.41) is 0. The van der Waals surface area contributed by atoms with Gasteiger partial charge in [-0.1, -0.05) is 18.2 Å². The van der Waals surface area contributed by atoms with Gasteiger partial charge < -0.3 is 14.4 Å². The lowest BCUT2D eigenvalue weighted by Crippen LogP contribution is -2.41. The van der Waals surface area contributed by atoms with E-state index in [0.29, 0.717) is 24.5 Å². The number of piperidine rings is 1. The standard InChI is InChI=1S/C20H22FNO3/c1-24-17-8-4-7-16(12-17)20(23)22-11-5-6-15(13-22)14-25-19-10-3-2-9-18(19)21/h2-4,7-10,12,15H,5-6,11,13-14H2,1H3. The summed E-state index contributed by atoms with van der Waals surface area (Å²) >= 11 is 0. The molecule has 0 aliphatic carbocycles. The Labute approximate surface area is 147 Å². The minimum Gasteiger partial charge on any atom is -0.497 e. The predicted molar refractivity (Wildman–Crippen MR) is 93.5 cm³/mol. The number of methoxy groups -OCH3 is 1. The van der Waals surface area contributed by atoms with Gasteiger partial charge in [-0.15, -0.1) is 0 Å². The lowest BCUT2D eigenvalue weighted by atomic mass is 9.98. The van der Waals surface area contributed by atoms with Crippen LogP contribution in [0.25, 0.3) is 0 Å². The molecule has 5 heteroatoms. The highest BCUT2D eigenvalue weighted by Gasteiger charge is 2.25. The fourth-order valence-electron chi connectivity index (χ4n) is 3.09. The maximum absolute atomic E-state index is 13.6. The molecule has 1 amide bonds. The number of ether oxygens (including phenoxy) is 2. The Balaban J connectivity index is 1.60. The highest BCUT2D eigenvalue weighted by molar-refractivity contribution is 5.94. The van der Waals surface area contributed by atoms with E-state index in [1.165, 1.54) is 6.07 Å². The average molecular weight is 343 g/mol. The van der Waals surface area contributed by atoms with E-state index in [0.717, 1.165) is 19.4 Å². The second kappa shape index (κ2) is 8.01. The molecule has 2 aromatic rings. The summed E-state index contributed by atoms with van der Waals surface area (Å²) in [4.78, 5) is 14.6. The van der Waals surface area contributed by atoms with Crippen LogP contribution in [-0.2, 0) is 0 Å². The van der Waals surface area contributed by atoms with Gasteiger partial charge in [-0.3, -0.25) is 4.79 Å². The van der Waals surface area contributed by atoms with Gasteiger partial charge in [0, 0.05) is 24.6 Å². The molecule has 2 aromatic carbocycles. The predicted octanol–water partition coefficient (Wildman–Crippen LogP) is 3.77. The molecule has 0 bridgehead atoms. The topological polar surface area (TPSA) is 38.8 Å². The van der Waals surface area contributed by atoms with E-state index >= 15 is 0 Å². The lowest BCUT2D eigenvalue weighted by molar-refractivity contribution is 0.0631. The number of hydrogen-bond donors (Lipinski definition) is 0. The smallest absolute Gasteiger partial charge is 0.253 e. The summed E-state index contributed by atoms with van der Waals surface area (Å²) in [7, 11) is 1.58. The molecule has 4 nitrogen and oxygen atoms in total. The third kappa shape index (κ3) is 4.29. The summed E-state index contributed by atoms with van der Waals surface area (Å²) in [6.07, 6.45) is 1.89. The molecule has 0 N–H and O–H groups in total. The molecule has 1 aliphatic heterocycles. The van der Waals surface area contributed by atoms with Crippen LogP contribution in [0.1, 0.15) is 23.2 Å². The van der Waals surface area contributed by atoms with Crippen molar-refractivity contribution in [3.63, 3.8) is 0 Å². The Bertz CT molecular complexity index is 734. The molecule has 1 fully saturated rings. The van der Waals surface area contributed by atoms with E-state index in [1.54, 1.807) is 37.4 Å². The first kappa shape index (κ1) is 17.3.